The van der Waals surface area contributed by atoms with E-state index in [0.29, 0.717) is 10.9 Å². The van der Waals surface area contributed by atoms with E-state index in [9.17, 15) is 4.79 Å². The lowest BCUT2D eigenvalue weighted by Crippen LogP contribution is -2.07. The molecule has 1 aliphatic rings. The lowest BCUT2D eigenvalue weighted by atomic mass is 10.2. The average molecular weight is 263 g/mol. The normalized spacial score (nSPS) is 19.4. The van der Waals surface area contributed by atoms with Crippen LogP contribution in [0.15, 0.2) is 18.2 Å². The van der Waals surface area contributed by atoms with Crippen LogP contribution in [0.4, 0.5) is 0 Å². The van der Waals surface area contributed by atoms with Gasteiger partial charge in [-0.15, -0.1) is 0 Å². The molecular weight excluding hydrogens is 250 g/mol. The van der Waals surface area contributed by atoms with E-state index in [0.717, 1.165) is 12.2 Å². The lowest BCUT2D eigenvalue weighted by Gasteiger charge is -2.02. The summed E-state index contributed by atoms with van der Waals surface area (Å²) in [6.07, 6.45) is 3.28. The van der Waals surface area contributed by atoms with E-state index in [1.807, 2.05) is 11.8 Å². The standard InChI is InChI=1S/C12H13N3O2S/c16-12(17)9-4-1-5-11-13-10(14-15(9)11)7-8-3-2-6-18-8/h1,4-5,8H,2-3,6-7H2,(H,16,17). The van der Waals surface area contributed by atoms with Gasteiger partial charge >= 0.3 is 5.97 Å². The van der Waals surface area contributed by atoms with Gasteiger partial charge in [0.1, 0.15) is 0 Å². The third-order valence-electron chi connectivity index (χ3n) is 3.06. The zero-order valence-corrected chi connectivity index (χ0v) is 10.6. The predicted molar refractivity (Wildman–Crippen MR) is 69.1 cm³/mol. The molecule has 0 radical (unpaired) electrons. The molecule has 2 aromatic rings. The molecule has 1 unspecified atom stereocenters. The molecule has 0 spiro atoms. The average Bonchev–Trinajstić information content (AvgIpc) is 2.96. The maximum absolute atomic E-state index is 11.1. The Kier molecular flexibility index (Phi) is 2.95. The van der Waals surface area contributed by atoms with Crippen molar-refractivity contribution >= 4 is 23.4 Å². The highest BCUT2D eigenvalue weighted by molar-refractivity contribution is 8.00. The summed E-state index contributed by atoms with van der Waals surface area (Å²) in [6, 6.07) is 5.02. The summed E-state index contributed by atoms with van der Waals surface area (Å²) in [4.78, 5) is 15.5. The third-order valence-corrected chi connectivity index (χ3v) is 4.46. The van der Waals surface area contributed by atoms with Crippen molar-refractivity contribution < 1.29 is 9.90 Å². The highest BCUT2D eigenvalue weighted by atomic mass is 32.2. The molecule has 1 fully saturated rings. The molecule has 0 amide bonds. The fourth-order valence-electron chi connectivity index (χ4n) is 2.21. The predicted octanol–water partition coefficient (Wildman–Crippen LogP) is 1.87. The van der Waals surface area contributed by atoms with E-state index in [1.54, 1.807) is 12.1 Å². The maximum atomic E-state index is 11.1. The molecule has 1 saturated heterocycles. The molecule has 1 atom stereocenters. The van der Waals surface area contributed by atoms with Crippen molar-refractivity contribution in [2.24, 2.45) is 0 Å². The minimum absolute atomic E-state index is 0.158. The van der Waals surface area contributed by atoms with Crippen molar-refractivity contribution in [3.63, 3.8) is 0 Å². The monoisotopic (exact) mass is 263 g/mol. The number of aromatic nitrogens is 3. The van der Waals surface area contributed by atoms with Crippen molar-refractivity contribution in [1.82, 2.24) is 14.6 Å². The van der Waals surface area contributed by atoms with Crippen LogP contribution in [0.3, 0.4) is 0 Å². The molecular formula is C12H13N3O2S. The van der Waals surface area contributed by atoms with Gasteiger partial charge in [0.05, 0.1) is 0 Å². The van der Waals surface area contributed by atoms with E-state index in [1.165, 1.54) is 29.2 Å². The van der Waals surface area contributed by atoms with Crippen LogP contribution in [0.1, 0.15) is 29.2 Å². The van der Waals surface area contributed by atoms with Crippen LogP contribution >= 0.6 is 11.8 Å². The topological polar surface area (TPSA) is 67.5 Å². The first-order chi connectivity index (χ1) is 8.74. The van der Waals surface area contributed by atoms with Crippen LogP contribution in [-0.2, 0) is 6.42 Å². The van der Waals surface area contributed by atoms with Gasteiger partial charge in [-0.3, -0.25) is 0 Å². The highest BCUT2D eigenvalue weighted by Crippen LogP contribution is 2.28. The van der Waals surface area contributed by atoms with Gasteiger partial charge in [-0.1, -0.05) is 6.07 Å². The lowest BCUT2D eigenvalue weighted by molar-refractivity contribution is 0.0687. The summed E-state index contributed by atoms with van der Waals surface area (Å²) >= 11 is 1.95. The third kappa shape index (κ3) is 2.08. The molecule has 1 aliphatic heterocycles. The molecule has 0 aliphatic carbocycles. The minimum atomic E-state index is -0.979. The smallest absolute Gasteiger partial charge is 0.354 e. The molecule has 2 aromatic heterocycles. The Balaban J connectivity index is 1.94. The number of rotatable bonds is 3. The van der Waals surface area contributed by atoms with Gasteiger partial charge in [-0.25, -0.2) is 14.3 Å². The summed E-state index contributed by atoms with van der Waals surface area (Å²) in [5, 5.41) is 14.0. The van der Waals surface area contributed by atoms with Crippen LogP contribution < -0.4 is 0 Å². The second kappa shape index (κ2) is 4.61. The molecule has 0 aromatic carbocycles. The molecule has 5 nitrogen and oxygen atoms in total. The van der Waals surface area contributed by atoms with Crippen LogP contribution in [-0.4, -0.2) is 36.7 Å². The summed E-state index contributed by atoms with van der Waals surface area (Å²) in [5.41, 5.74) is 0.762. The van der Waals surface area contributed by atoms with Crippen LogP contribution in [0.2, 0.25) is 0 Å². The second-order valence-corrected chi connectivity index (χ2v) is 5.76. The van der Waals surface area contributed by atoms with Gasteiger partial charge in [-0.05, 0) is 30.7 Å². The number of carboxylic acid groups (broad SMARTS) is 1. The quantitative estimate of drug-likeness (QED) is 0.915. The van der Waals surface area contributed by atoms with Crippen LogP contribution in [0.25, 0.3) is 5.65 Å². The van der Waals surface area contributed by atoms with Crippen molar-refractivity contribution in [2.45, 2.75) is 24.5 Å². The van der Waals surface area contributed by atoms with Gasteiger partial charge in [0.2, 0.25) is 0 Å². The van der Waals surface area contributed by atoms with E-state index in [-0.39, 0.29) is 5.69 Å². The number of thioether (sulfide) groups is 1. The fourth-order valence-corrected chi connectivity index (χ4v) is 3.47. The van der Waals surface area contributed by atoms with Gasteiger partial charge in [0, 0.05) is 11.7 Å². The maximum Gasteiger partial charge on any atom is 0.354 e. The summed E-state index contributed by atoms with van der Waals surface area (Å²) < 4.78 is 1.41. The Morgan fingerprint density at radius 3 is 3.17 bits per heavy atom. The van der Waals surface area contributed by atoms with Crippen molar-refractivity contribution in [2.75, 3.05) is 5.75 Å². The van der Waals surface area contributed by atoms with Crippen molar-refractivity contribution in [3.8, 4) is 0 Å². The molecule has 3 heterocycles. The second-order valence-electron chi connectivity index (χ2n) is 4.35. The van der Waals surface area contributed by atoms with E-state index < -0.39 is 5.97 Å². The van der Waals surface area contributed by atoms with Gasteiger partial charge in [0.15, 0.2) is 17.2 Å². The zero-order chi connectivity index (χ0) is 12.5. The van der Waals surface area contributed by atoms with Gasteiger partial charge in [-0.2, -0.15) is 16.9 Å². The molecule has 3 rings (SSSR count). The minimum Gasteiger partial charge on any atom is -0.477 e. The first kappa shape index (κ1) is 11.5. The molecule has 94 valence electrons. The van der Waals surface area contributed by atoms with Gasteiger partial charge in [0.25, 0.3) is 0 Å². The summed E-state index contributed by atoms with van der Waals surface area (Å²) in [6.45, 7) is 0. The molecule has 6 heteroatoms. The first-order valence-corrected chi connectivity index (χ1v) is 6.98. The Morgan fingerprint density at radius 2 is 2.44 bits per heavy atom. The Bertz CT molecular complexity index is 590. The number of carboxylic acids is 1. The van der Waals surface area contributed by atoms with E-state index in [2.05, 4.69) is 10.1 Å². The molecule has 0 saturated carbocycles. The Hall–Kier alpha value is -1.56. The molecule has 0 bridgehead atoms. The molecule has 18 heavy (non-hydrogen) atoms. The fraction of sp³-hybridized carbons (Fsp3) is 0.417. The first-order valence-electron chi connectivity index (χ1n) is 5.93. The number of aromatic carboxylic acids is 1. The number of pyridine rings is 1. The number of carbonyl (C=O) groups is 1. The van der Waals surface area contributed by atoms with E-state index >= 15 is 0 Å². The van der Waals surface area contributed by atoms with Gasteiger partial charge < -0.3 is 5.11 Å². The SMILES string of the molecule is O=C(O)c1cccc2nc(CC3CCCS3)nn12. The van der Waals surface area contributed by atoms with Crippen LogP contribution in [0.5, 0.6) is 0 Å². The summed E-state index contributed by atoms with van der Waals surface area (Å²) in [5.74, 6) is 0.966. The molecule has 1 N–H and O–H groups in total. The zero-order valence-electron chi connectivity index (χ0n) is 9.74. The van der Waals surface area contributed by atoms with Crippen molar-refractivity contribution in [3.05, 3.63) is 29.7 Å². The Labute approximate surface area is 108 Å². The summed E-state index contributed by atoms with van der Waals surface area (Å²) in [7, 11) is 0. The highest BCUT2D eigenvalue weighted by Gasteiger charge is 2.19. The van der Waals surface area contributed by atoms with Crippen LogP contribution in [0, 0.1) is 0 Å². The number of hydrogen-bond acceptors (Lipinski definition) is 4. The number of fused-ring (bicyclic) bond motifs is 1. The largest absolute Gasteiger partial charge is 0.477 e. The Morgan fingerprint density at radius 1 is 1.56 bits per heavy atom. The number of hydrogen-bond donors (Lipinski definition) is 1. The van der Waals surface area contributed by atoms with Crippen molar-refractivity contribution in [1.29, 1.82) is 0 Å². The van der Waals surface area contributed by atoms with E-state index in [4.69, 9.17) is 5.11 Å². The number of nitrogens with zero attached hydrogens (tertiary/aromatic N) is 3.